The maximum Gasteiger partial charge on any atom is 0.573 e. The van der Waals surface area contributed by atoms with Crippen LogP contribution in [-0.2, 0) is 18.0 Å². The molecule has 0 fully saturated rings. The van der Waals surface area contributed by atoms with Crippen molar-refractivity contribution in [1.82, 2.24) is 10.5 Å². The zero-order valence-electron chi connectivity index (χ0n) is 15.6. The number of rotatable bonds is 8. The van der Waals surface area contributed by atoms with Crippen LogP contribution in [0.3, 0.4) is 0 Å². The summed E-state index contributed by atoms with van der Waals surface area (Å²) in [6.45, 7) is 0.491. The molecule has 0 aliphatic rings. The van der Waals surface area contributed by atoms with Gasteiger partial charge in [-0.2, -0.15) is 0 Å². The summed E-state index contributed by atoms with van der Waals surface area (Å²) >= 11 is 0. The number of aromatic nitrogens is 1. The predicted octanol–water partition coefficient (Wildman–Crippen LogP) is 4.45. The largest absolute Gasteiger partial charge is 0.573 e. The fourth-order valence-corrected chi connectivity index (χ4v) is 2.56. The van der Waals surface area contributed by atoms with Crippen LogP contribution in [0.1, 0.15) is 21.5 Å². The Labute approximate surface area is 170 Å². The highest BCUT2D eigenvalue weighted by atomic mass is 19.4. The molecule has 1 heterocycles. The normalized spacial score (nSPS) is 11.0. The molecule has 0 saturated carbocycles. The van der Waals surface area contributed by atoms with Crippen molar-refractivity contribution >= 4 is 11.6 Å². The lowest BCUT2D eigenvalue weighted by Gasteiger charge is -2.12. The number of nitrogens with zero attached hydrogens (tertiary/aromatic N) is 1. The first-order chi connectivity index (χ1) is 14.4. The molecule has 3 aromatic rings. The van der Waals surface area contributed by atoms with Crippen molar-refractivity contribution in [2.75, 3.05) is 5.32 Å². The Balaban J connectivity index is 1.52. The molecule has 0 saturated heterocycles. The number of anilines is 1. The lowest BCUT2D eigenvalue weighted by Crippen LogP contribution is -2.24. The van der Waals surface area contributed by atoms with E-state index < -0.39 is 12.3 Å². The number of amides is 1. The maximum atomic E-state index is 12.4. The molecule has 0 radical (unpaired) electrons. The number of ether oxygens (including phenoxy) is 1. The number of benzene rings is 2. The minimum Gasteiger partial charge on any atom is -0.406 e. The fraction of sp³-hybridized carbons (Fsp3) is 0.143. The van der Waals surface area contributed by atoms with Crippen LogP contribution in [-0.4, -0.2) is 17.3 Å². The SMILES string of the molecule is O=C(NOCc1ccc(OC(F)(F)F)cc1)c1ccccc1NCc1ccncc1. The molecular formula is C21H18F3N3O3. The first-order valence-electron chi connectivity index (χ1n) is 8.89. The molecule has 2 aromatic carbocycles. The van der Waals surface area contributed by atoms with Gasteiger partial charge in [-0.1, -0.05) is 24.3 Å². The zero-order valence-corrected chi connectivity index (χ0v) is 15.6. The fourth-order valence-electron chi connectivity index (χ4n) is 2.56. The molecule has 6 nitrogen and oxygen atoms in total. The molecule has 0 aliphatic heterocycles. The second-order valence-corrected chi connectivity index (χ2v) is 6.17. The molecule has 9 heteroatoms. The van der Waals surface area contributed by atoms with Gasteiger partial charge < -0.3 is 10.1 Å². The molecular weight excluding hydrogens is 399 g/mol. The average Bonchev–Trinajstić information content (AvgIpc) is 2.73. The van der Waals surface area contributed by atoms with Gasteiger partial charge >= 0.3 is 6.36 Å². The molecule has 3 rings (SSSR count). The van der Waals surface area contributed by atoms with Crippen molar-refractivity contribution in [3.8, 4) is 5.75 Å². The lowest BCUT2D eigenvalue weighted by molar-refractivity contribution is -0.274. The molecule has 0 spiro atoms. The summed E-state index contributed by atoms with van der Waals surface area (Å²) in [5.41, 5.74) is 4.93. The minimum absolute atomic E-state index is 0.0232. The van der Waals surface area contributed by atoms with Gasteiger partial charge in [-0.25, -0.2) is 5.48 Å². The summed E-state index contributed by atoms with van der Waals surface area (Å²) in [6, 6.07) is 15.9. The van der Waals surface area contributed by atoms with E-state index in [1.165, 1.54) is 24.3 Å². The molecule has 1 amide bonds. The minimum atomic E-state index is -4.75. The number of pyridine rings is 1. The van der Waals surface area contributed by atoms with E-state index >= 15 is 0 Å². The van der Waals surface area contributed by atoms with E-state index in [4.69, 9.17) is 4.84 Å². The van der Waals surface area contributed by atoms with E-state index in [1.807, 2.05) is 12.1 Å². The molecule has 1 aromatic heterocycles. The van der Waals surface area contributed by atoms with Crippen molar-refractivity contribution in [2.45, 2.75) is 19.5 Å². The van der Waals surface area contributed by atoms with Crippen LogP contribution in [0.5, 0.6) is 5.75 Å². The first-order valence-corrected chi connectivity index (χ1v) is 8.89. The summed E-state index contributed by atoms with van der Waals surface area (Å²) < 4.78 is 40.3. The van der Waals surface area contributed by atoms with Crippen LogP contribution in [0.4, 0.5) is 18.9 Å². The van der Waals surface area contributed by atoms with E-state index in [1.54, 1.807) is 36.7 Å². The van der Waals surface area contributed by atoms with Gasteiger partial charge in [-0.05, 0) is 47.5 Å². The number of hydroxylamine groups is 1. The Morgan fingerprint density at radius 3 is 2.33 bits per heavy atom. The van der Waals surface area contributed by atoms with Crippen LogP contribution in [0.2, 0.25) is 0 Å². The van der Waals surface area contributed by atoms with E-state index in [0.29, 0.717) is 23.4 Å². The van der Waals surface area contributed by atoms with Crippen LogP contribution < -0.4 is 15.5 Å². The number of para-hydroxylation sites is 1. The number of alkyl halides is 3. The van der Waals surface area contributed by atoms with Crippen LogP contribution in [0, 0.1) is 0 Å². The third kappa shape index (κ3) is 6.49. The number of halogens is 3. The zero-order chi connectivity index (χ0) is 21.4. The highest BCUT2D eigenvalue weighted by Crippen LogP contribution is 2.23. The average molecular weight is 417 g/mol. The Morgan fingerprint density at radius 2 is 1.63 bits per heavy atom. The molecule has 0 atom stereocenters. The number of hydrogen-bond acceptors (Lipinski definition) is 5. The second kappa shape index (κ2) is 9.75. The standard InChI is InChI=1S/C21H18F3N3O3/c22-21(23,24)30-17-7-5-16(6-8-17)14-29-27-20(28)18-3-1-2-4-19(18)26-13-15-9-11-25-12-10-15/h1-12,26H,13-14H2,(H,27,28). The van der Waals surface area contributed by atoms with E-state index in [2.05, 4.69) is 20.5 Å². The molecule has 0 aliphatic carbocycles. The van der Waals surface area contributed by atoms with Crippen molar-refractivity contribution in [3.63, 3.8) is 0 Å². The smallest absolute Gasteiger partial charge is 0.406 e. The number of carbonyl (C=O) groups is 1. The van der Waals surface area contributed by atoms with Crippen molar-refractivity contribution in [1.29, 1.82) is 0 Å². The Hall–Kier alpha value is -3.59. The van der Waals surface area contributed by atoms with Crippen LogP contribution >= 0.6 is 0 Å². The molecule has 0 bridgehead atoms. The highest BCUT2D eigenvalue weighted by Gasteiger charge is 2.30. The summed E-state index contributed by atoms with van der Waals surface area (Å²) in [7, 11) is 0. The van der Waals surface area contributed by atoms with Gasteiger partial charge in [-0.15, -0.1) is 13.2 Å². The third-order valence-electron chi connectivity index (χ3n) is 3.96. The van der Waals surface area contributed by atoms with Gasteiger partial charge in [0.2, 0.25) is 0 Å². The lowest BCUT2D eigenvalue weighted by atomic mass is 10.1. The van der Waals surface area contributed by atoms with Gasteiger partial charge in [0.1, 0.15) is 5.75 Å². The third-order valence-corrected chi connectivity index (χ3v) is 3.96. The Kier molecular flexibility index (Phi) is 6.87. The molecule has 156 valence electrons. The number of nitrogens with one attached hydrogen (secondary N) is 2. The maximum absolute atomic E-state index is 12.4. The molecule has 2 N–H and O–H groups in total. The molecule has 0 unspecified atom stereocenters. The second-order valence-electron chi connectivity index (χ2n) is 6.17. The van der Waals surface area contributed by atoms with Gasteiger partial charge in [0.05, 0.1) is 12.2 Å². The van der Waals surface area contributed by atoms with Crippen molar-refractivity contribution in [2.24, 2.45) is 0 Å². The quantitative estimate of drug-likeness (QED) is 0.530. The van der Waals surface area contributed by atoms with Crippen LogP contribution in [0.15, 0.2) is 73.1 Å². The summed E-state index contributed by atoms with van der Waals surface area (Å²) in [5, 5.41) is 3.19. The molecule has 30 heavy (non-hydrogen) atoms. The summed E-state index contributed by atoms with van der Waals surface area (Å²) in [4.78, 5) is 21.6. The van der Waals surface area contributed by atoms with Gasteiger partial charge in [0.15, 0.2) is 0 Å². The summed E-state index contributed by atoms with van der Waals surface area (Å²) in [6.07, 6.45) is -1.37. The first kappa shape index (κ1) is 21.1. The van der Waals surface area contributed by atoms with Crippen LogP contribution in [0.25, 0.3) is 0 Å². The monoisotopic (exact) mass is 417 g/mol. The van der Waals surface area contributed by atoms with E-state index in [0.717, 1.165) is 5.56 Å². The van der Waals surface area contributed by atoms with Gasteiger partial charge in [0, 0.05) is 24.6 Å². The summed E-state index contributed by atoms with van der Waals surface area (Å²) in [5.74, 6) is -0.783. The number of carbonyl (C=O) groups excluding carboxylic acids is 1. The number of hydrogen-bond donors (Lipinski definition) is 2. The van der Waals surface area contributed by atoms with E-state index in [9.17, 15) is 18.0 Å². The van der Waals surface area contributed by atoms with Gasteiger partial charge in [-0.3, -0.25) is 14.6 Å². The topological polar surface area (TPSA) is 72.5 Å². The van der Waals surface area contributed by atoms with Crippen molar-refractivity contribution in [3.05, 3.63) is 89.7 Å². The Morgan fingerprint density at radius 1 is 0.933 bits per heavy atom. The van der Waals surface area contributed by atoms with E-state index in [-0.39, 0.29) is 12.4 Å². The van der Waals surface area contributed by atoms with Gasteiger partial charge in [0.25, 0.3) is 5.91 Å². The highest BCUT2D eigenvalue weighted by molar-refractivity contribution is 5.98. The van der Waals surface area contributed by atoms with Crippen molar-refractivity contribution < 1.29 is 27.5 Å². The Bertz CT molecular complexity index is 964. The predicted molar refractivity (Wildman–Crippen MR) is 103 cm³/mol.